The Morgan fingerprint density at radius 1 is 1.45 bits per heavy atom. The fourth-order valence-corrected chi connectivity index (χ4v) is 3.46. The van der Waals surface area contributed by atoms with Crippen molar-refractivity contribution in [3.05, 3.63) is 28.3 Å². The molecule has 0 saturated carbocycles. The van der Waals surface area contributed by atoms with Gasteiger partial charge in [0.05, 0.1) is 9.82 Å². The van der Waals surface area contributed by atoms with Gasteiger partial charge in [0, 0.05) is 25.4 Å². The third-order valence-electron chi connectivity index (χ3n) is 4.33. The lowest BCUT2D eigenvalue weighted by molar-refractivity contribution is -0.384. The highest BCUT2D eigenvalue weighted by Crippen LogP contribution is 2.34. The molecule has 22 heavy (non-hydrogen) atoms. The van der Waals surface area contributed by atoms with E-state index in [4.69, 9.17) is 5.73 Å². The Morgan fingerprint density at radius 3 is 2.68 bits per heavy atom. The van der Waals surface area contributed by atoms with Crippen molar-refractivity contribution in [2.75, 3.05) is 30.8 Å². The molecule has 2 unspecified atom stereocenters. The van der Waals surface area contributed by atoms with Crippen molar-refractivity contribution in [3.63, 3.8) is 0 Å². The van der Waals surface area contributed by atoms with E-state index in [0.29, 0.717) is 31.2 Å². The summed E-state index contributed by atoms with van der Waals surface area (Å²) in [5.74, 6) is 0.763. The summed E-state index contributed by atoms with van der Waals surface area (Å²) < 4.78 is 23.2. The van der Waals surface area contributed by atoms with Crippen LogP contribution in [0.3, 0.4) is 0 Å². The minimum absolute atomic E-state index is 0.0382. The lowest BCUT2D eigenvalue weighted by Crippen LogP contribution is -2.42. The van der Waals surface area contributed by atoms with Crippen molar-refractivity contribution in [1.82, 2.24) is 0 Å². The number of hydrogen-bond acceptors (Lipinski definition) is 6. The Labute approximate surface area is 130 Å². The number of benzene rings is 1. The summed E-state index contributed by atoms with van der Waals surface area (Å²) >= 11 is 0. The van der Waals surface area contributed by atoms with Crippen molar-refractivity contribution in [1.29, 1.82) is 0 Å². The summed E-state index contributed by atoms with van der Waals surface area (Å²) in [7, 11) is -3.47. The van der Waals surface area contributed by atoms with E-state index in [1.807, 2.05) is 4.90 Å². The fraction of sp³-hybridized carbons (Fsp3) is 0.571. The third-order valence-corrected chi connectivity index (χ3v) is 5.44. The lowest BCUT2D eigenvalue weighted by Gasteiger charge is -2.37. The maximum Gasteiger partial charge on any atom is 0.293 e. The summed E-state index contributed by atoms with van der Waals surface area (Å²) in [5, 5.41) is 11.3. The molecule has 7 nitrogen and oxygen atoms in total. The number of anilines is 1. The van der Waals surface area contributed by atoms with E-state index in [2.05, 4.69) is 6.92 Å². The van der Waals surface area contributed by atoms with Gasteiger partial charge in [-0.2, -0.15) is 0 Å². The molecule has 1 aromatic carbocycles. The largest absolute Gasteiger partial charge is 0.366 e. The van der Waals surface area contributed by atoms with Gasteiger partial charge in [-0.25, -0.2) is 8.42 Å². The van der Waals surface area contributed by atoms with Crippen molar-refractivity contribution >= 4 is 21.2 Å². The first-order valence-corrected chi connectivity index (χ1v) is 9.06. The maximum atomic E-state index is 11.6. The van der Waals surface area contributed by atoms with Crippen molar-refractivity contribution in [3.8, 4) is 0 Å². The fourth-order valence-electron chi connectivity index (χ4n) is 2.82. The Balaban J connectivity index is 2.41. The smallest absolute Gasteiger partial charge is 0.293 e. The second kappa shape index (κ2) is 6.21. The molecule has 2 atom stereocenters. The molecule has 1 aliphatic rings. The van der Waals surface area contributed by atoms with Crippen LogP contribution in [0.15, 0.2) is 23.1 Å². The van der Waals surface area contributed by atoms with E-state index in [9.17, 15) is 18.5 Å². The number of nitrogens with two attached hydrogens (primary N) is 1. The van der Waals surface area contributed by atoms with E-state index in [1.165, 1.54) is 12.1 Å². The molecule has 2 N–H and O–H groups in total. The van der Waals surface area contributed by atoms with Gasteiger partial charge in [0.2, 0.25) is 0 Å². The normalized spacial score (nSPS) is 22.6. The average Bonchev–Trinajstić information content (AvgIpc) is 2.46. The topological polar surface area (TPSA) is 107 Å². The molecule has 0 radical (unpaired) electrons. The number of nitro groups is 1. The van der Waals surface area contributed by atoms with Crippen LogP contribution in [0.2, 0.25) is 0 Å². The number of hydrogen-bond donors (Lipinski definition) is 1. The molecule has 1 saturated heterocycles. The molecule has 0 aliphatic carbocycles. The van der Waals surface area contributed by atoms with Crippen LogP contribution >= 0.6 is 0 Å². The van der Waals surface area contributed by atoms with Crippen molar-refractivity contribution in [2.45, 2.75) is 18.2 Å². The molecule has 1 heterocycles. The SMILES string of the molecule is CC1CCN(c2ccc(S(C)(=O)=O)cc2[N+](=O)[O-])CC1CN. The summed E-state index contributed by atoms with van der Waals surface area (Å²) in [6, 6.07) is 4.09. The number of nitrogens with zero attached hydrogens (tertiary/aromatic N) is 2. The average molecular weight is 327 g/mol. The molecule has 8 heteroatoms. The van der Waals surface area contributed by atoms with Gasteiger partial charge in [-0.05, 0) is 36.9 Å². The maximum absolute atomic E-state index is 11.6. The molecule has 122 valence electrons. The first-order chi connectivity index (χ1) is 10.2. The Morgan fingerprint density at radius 2 is 2.14 bits per heavy atom. The highest BCUT2D eigenvalue weighted by Gasteiger charge is 2.29. The summed E-state index contributed by atoms with van der Waals surface area (Å²) in [6.45, 7) is 4.02. The number of rotatable bonds is 4. The van der Waals surface area contributed by atoms with Crippen LogP contribution < -0.4 is 10.6 Å². The highest BCUT2D eigenvalue weighted by molar-refractivity contribution is 7.90. The molecular formula is C14H21N3O4S. The number of sulfone groups is 1. The first-order valence-electron chi connectivity index (χ1n) is 7.17. The van der Waals surface area contributed by atoms with E-state index < -0.39 is 14.8 Å². The van der Waals surface area contributed by atoms with Gasteiger partial charge >= 0.3 is 0 Å². The zero-order valence-corrected chi connectivity index (χ0v) is 13.5. The zero-order chi connectivity index (χ0) is 16.5. The van der Waals surface area contributed by atoms with Gasteiger partial charge in [0.15, 0.2) is 9.84 Å². The lowest BCUT2D eigenvalue weighted by atomic mass is 9.87. The first kappa shape index (κ1) is 16.7. The standard InChI is InChI=1S/C14H21N3O4S/c1-10-5-6-16(9-11(10)8-15)13-4-3-12(22(2,20)21)7-14(13)17(18)19/h3-4,7,10-11H,5-6,8-9,15H2,1-2H3. The second-order valence-corrected chi connectivity index (χ2v) is 7.90. The predicted molar refractivity (Wildman–Crippen MR) is 84.7 cm³/mol. The van der Waals surface area contributed by atoms with Crippen LogP contribution in [-0.4, -0.2) is 39.2 Å². The zero-order valence-electron chi connectivity index (χ0n) is 12.7. The van der Waals surface area contributed by atoms with E-state index in [1.54, 1.807) is 0 Å². The van der Waals surface area contributed by atoms with Crippen LogP contribution in [0.5, 0.6) is 0 Å². The Bertz CT molecular complexity index is 675. The van der Waals surface area contributed by atoms with Crippen LogP contribution in [-0.2, 0) is 9.84 Å². The molecule has 0 bridgehead atoms. The van der Waals surface area contributed by atoms with Crippen LogP contribution in [0, 0.1) is 22.0 Å². The summed E-state index contributed by atoms with van der Waals surface area (Å²) in [5.41, 5.74) is 6.06. The van der Waals surface area contributed by atoms with Gasteiger partial charge in [0.1, 0.15) is 5.69 Å². The number of nitro benzene ring substituents is 1. The van der Waals surface area contributed by atoms with Crippen LogP contribution in [0.4, 0.5) is 11.4 Å². The van der Waals surface area contributed by atoms with Crippen molar-refractivity contribution in [2.24, 2.45) is 17.6 Å². The summed E-state index contributed by atoms with van der Waals surface area (Å²) in [4.78, 5) is 12.7. The van der Waals surface area contributed by atoms with Gasteiger partial charge in [-0.1, -0.05) is 6.92 Å². The molecule has 0 aromatic heterocycles. The molecule has 2 rings (SSSR count). The molecular weight excluding hydrogens is 306 g/mol. The Kier molecular flexibility index (Phi) is 4.72. The minimum atomic E-state index is -3.47. The molecule has 0 spiro atoms. The Hall–Kier alpha value is -1.67. The highest BCUT2D eigenvalue weighted by atomic mass is 32.2. The van der Waals surface area contributed by atoms with Crippen molar-refractivity contribution < 1.29 is 13.3 Å². The molecule has 1 fully saturated rings. The van der Waals surface area contributed by atoms with Gasteiger partial charge in [0.25, 0.3) is 5.69 Å². The third kappa shape index (κ3) is 3.38. The van der Waals surface area contributed by atoms with Gasteiger partial charge < -0.3 is 10.6 Å². The molecule has 1 aromatic rings. The second-order valence-electron chi connectivity index (χ2n) is 5.89. The number of piperidine rings is 1. The summed E-state index contributed by atoms with van der Waals surface area (Å²) in [6.07, 6.45) is 1.95. The van der Waals surface area contributed by atoms with Crippen LogP contribution in [0.1, 0.15) is 13.3 Å². The predicted octanol–water partition coefficient (Wildman–Crippen LogP) is 1.42. The van der Waals surface area contributed by atoms with Gasteiger partial charge in [-0.15, -0.1) is 0 Å². The van der Waals surface area contributed by atoms with Crippen LogP contribution in [0.25, 0.3) is 0 Å². The molecule has 0 amide bonds. The van der Waals surface area contributed by atoms with Gasteiger partial charge in [-0.3, -0.25) is 10.1 Å². The minimum Gasteiger partial charge on any atom is -0.366 e. The van der Waals surface area contributed by atoms with E-state index in [0.717, 1.165) is 18.7 Å². The van der Waals surface area contributed by atoms with E-state index in [-0.39, 0.29) is 16.5 Å². The molecule has 1 aliphatic heterocycles. The quantitative estimate of drug-likeness (QED) is 0.662. The monoisotopic (exact) mass is 327 g/mol. The van der Waals surface area contributed by atoms with E-state index >= 15 is 0 Å².